The third-order valence-electron chi connectivity index (χ3n) is 3.74. The zero-order valence-corrected chi connectivity index (χ0v) is 14.1. The second-order valence-electron chi connectivity index (χ2n) is 6.35. The Morgan fingerprint density at radius 3 is 2.15 bits per heavy atom. The largest absolute Gasteiger partial charge is 0.416 e. The highest BCUT2D eigenvalue weighted by Gasteiger charge is 2.36. The van der Waals surface area contributed by atoms with E-state index < -0.39 is 8.32 Å². The van der Waals surface area contributed by atoms with Crippen LogP contribution < -0.4 is 0 Å². The molecule has 0 bridgehead atoms. The van der Waals surface area contributed by atoms with Gasteiger partial charge in [0.2, 0.25) is 0 Å². The van der Waals surface area contributed by atoms with E-state index in [9.17, 15) is 0 Å². The summed E-state index contributed by atoms with van der Waals surface area (Å²) in [6, 6.07) is 9.42. The van der Waals surface area contributed by atoms with Crippen LogP contribution >= 0.6 is 0 Å². The minimum atomic E-state index is -1.65. The highest BCUT2D eigenvalue weighted by Crippen LogP contribution is 2.36. The normalized spacial score (nSPS) is 11.4. The van der Waals surface area contributed by atoms with Crippen LogP contribution in [0.3, 0.4) is 0 Å². The van der Waals surface area contributed by atoms with Crippen molar-refractivity contribution in [3.63, 3.8) is 0 Å². The molecule has 0 amide bonds. The molecule has 1 rings (SSSR count). The topological polar surface area (TPSA) is 33.0 Å². The van der Waals surface area contributed by atoms with Gasteiger partial charge in [0, 0.05) is 18.6 Å². The third kappa shape index (κ3) is 4.85. The zero-order chi connectivity index (χ0) is 15.2. The lowest BCUT2D eigenvalue weighted by Gasteiger charge is -2.35. The first-order valence-corrected chi connectivity index (χ1v) is 9.80. The Kier molecular flexibility index (Phi) is 5.57. The van der Waals surface area contributed by atoms with Crippen LogP contribution in [0.2, 0.25) is 18.1 Å². The Labute approximate surface area is 123 Å². The van der Waals surface area contributed by atoms with Crippen molar-refractivity contribution in [2.24, 2.45) is 0 Å². The summed E-state index contributed by atoms with van der Waals surface area (Å²) < 4.78 is 6.06. The van der Waals surface area contributed by atoms with Crippen molar-refractivity contribution in [1.82, 2.24) is 0 Å². The molecule has 0 N–H and O–H groups in total. The molecular weight excluding hydrogens is 262 g/mol. The summed E-state index contributed by atoms with van der Waals surface area (Å²) in [7, 11) is -1.65. The van der Waals surface area contributed by atoms with Gasteiger partial charge < -0.3 is 4.43 Å². The maximum atomic E-state index is 8.72. The molecule has 0 aliphatic rings. The highest BCUT2D eigenvalue weighted by molar-refractivity contribution is 6.74. The number of benzene rings is 1. The van der Waals surface area contributed by atoms with E-state index in [1.165, 1.54) is 0 Å². The van der Waals surface area contributed by atoms with Gasteiger partial charge in [0.25, 0.3) is 0 Å². The van der Waals surface area contributed by atoms with Gasteiger partial charge in [0.15, 0.2) is 8.32 Å². The van der Waals surface area contributed by atoms with Crippen LogP contribution in [0.5, 0.6) is 0 Å². The molecule has 0 spiro atoms. The van der Waals surface area contributed by atoms with Gasteiger partial charge in [-0.1, -0.05) is 32.6 Å². The van der Waals surface area contributed by atoms with Crippen molar-refractivity contribution in [1.29, 1.82) is 5.26 Å². The first kappa shape index (κ1) is 16.5. The molecule has 0 unspecified atom stereocenters. The van der Waals surface area contributed by atoms with Crippen LogP contribution in [-0.4, -0.2) is 14.9 Å². The molecule has 0 aliphatic carbocycles. The number of nitrogens with zero attached hydrogens (tertiary/aromatic N) is 1. The molecule has 1 aromatic carbocycles. The van der Waals surface area contributed by atoms with Crippen molar-refractivity contribution in [3.05, 3.63) is 35.4 Å². The van der Waals surface area contributed by atoms with E-state index in [4.69, 9.17) is 9.69 Å². The molecule has 0 fully saturated rings. The van der Waals surface area contributed by atoms with E-state index >= 15 is 0 Å². The molecule has 0 aliphatic heterocycles. The predicted octanol–water partition coefficient (Wildman–Crippen LogP) is 4.32. The lowest BCUT2D eigenvalue weighted by atomic mass is 10.1. The van der Waals surface area contributed by atoms with Crippen LogP contribution in [0.1, 0.15) is 38.3 Å². The Bertz CT molecular complexity index is 536. The van der Waals surface area contributed by atoms with Crippen molar-refractivity contribution in [2.45, 2.75) is 45.3 Å². The van der Waals surface area contributed by atoms with Gasteiger partial charge in [0.1, 0.15) is 0 Å². The van der Waals surface area contributed by atoms with E-state index in [-0.39, 0.29) is 5.04 Å². The van der Waals surface area contributed by atoms with Crippen LogP contribution in [0.15, 0.2) is 24.3 Å². The van der Waals surface area contributed by atoms with Gasteiger partial charge >= 0.3 is 0 Å². The fraction of sp³-hybridized carbons (Fsp3) is 0.471. The standard InChI is InChI=1S/C17H23NOSi/c1-17(2,3)20(4,5)19-13-7-6-8-15-9-11-16(14-18)12-10-15/h9-12H,7,13H2,1-5H3. The van der Waals surface area contributed by atoms with E-state index in [1.54, 1.807) is 12.1 Å². The molecule has 0 heterocycles. The molecule has 0 aromatic heterocycles. The van der Waals surface area contributed by atoms with Gasteiger partial charge in [-0.25, -0.2) is 0 Å². The quantitative estimate of drug-likeness (QED) is 0.470. The number of nitriles is 1. The summed E-state index contributed by atoms with van der Waals surface area (Å²) >= 11 is 0. The molecule has 0 saturated heterocycles. The van der Waals surface area contributed by atoms with Crippen LogP contribution in [0.25, 0.3) is 0 Å². The average molecular weight is 285 g/mol. The third-order valence-corrected chi connectivity index (χ3v) is 8.28. The van der Waals surface area contributed by atoms with Crippen LogP contribution in [0, 0.1) is 23.2 Å². The van der Waals surface area contributed by atoms with Crippen LogP contribution in [-0.2, 0) is 4.43 Å². The van der Waals surface area contributed by atoms with E-state index in [1.807, 2.05) is 12.1 Å². The van der Waals surface area contributed by atoms with Gasteiger partial charge in [-0.05, 0) is 42.4 Å². The minimum absolute atomic E-state index is 0.244. The Morgan fingerprint density at radius 1 is 1.10 bits per heavy atom. The zero-order valence-electron chi connectivity index (χ0n) is 13.1. The first-order chi connectivity index (χ1) is 9.26. The first-order valence-electron chi connectivity index (χ1n) is 6.89. The minimum Gasteiger partial charge on any atom is -0.416 e. The van der Waals surface area contributed by atoms with Crippen LogP contribution in [0.4, 0.5) is 0 Å². The fourth-order valence-corrected chi connectivity index (χ4v) is 2.41. The van der Waals surface area contributed by atoms with Crippen molar-refractivity contribution < 1.29 is 4.43 Å². The molecule has 2 nitrogen and oxygen atoms in total. The van der Waals surface area contributed by atoms with E-state index in [0.29, 0.717) is 12.2 Å². The Morgan fingerprint density at radius 2 is 1.65 bits per heavy atom. The molecular formula is C17H23NOSi. The SMILES string of the molecule is CC(C)(C)[Si](C)(C)OCCC#Cc1ccc(C#N)cc1. The van der Waals surface area contributed by atoms with Gasteiger partial charge in [-0.3, -0.25) is 0 Å². The maximum Gasteiger partial charge on any atom is 0.192 e. The van der Waals surface area contributed by atoms with Gasteiger partial charge in [-0.15, -0.1) is 0 Å². The maximum absolute atomic E-state index is 8.72. The predicted molar refractivity (Wildman–Crippen MR) is 85.8 cm³/mol. The number of hydrogen-bond donors (Lipinski definition) is 0. The average Bonchev–Trinajstić information content (AvgIpc) is 2.37. The van der Waals surface area contributed by atoms with Gasteiger partial charge in [0.05, 0.1) is 11.6 Å². The number of rotatable bonds is 3. The number of hydrogen-bond acceptors (Lipinski definition) is 2. The lowest BCUT2D eigenvalue weighted by Crippen LogP contribution is -2.40. The summed E-state index contributed by atoms with van der Waals surface area (Å²) in [5.41, 5.74) is 1.60. The molecule has 106 valence electrons. The summed E-state index contributed by atoms with van der Waals surface area (Å²) in [5.74, 6) is 6.22. The summed E-state index contributed by atoms with van der Waals surface area (Å²) in [6.45, 7) is 11.9. The molecule has 1 aromatic rings. The second-order valence-corrected chi connectivity index (χ2v) is 11.2. The summed E-state index contributed by atoms with van der Waals surface area (Å²) in [6.07, 6.45) is 0.743. The van der Waals surface area contributed by atoms with E-state index in [2.05, 4.69) is 51.8 Å². The Hall–Kier alpha value is -1.55. The van der Waals surface area contributed by atoms with Gasteiger partial charge in [-0.2, -0.15) is 5.26 Å². The molecule has 0 saturated carbocycles. The van der Waals surface area contributed by atoms with E-state index in [0.717, 1.165) is 12.0 Å². The lowest BCUT2D eigenvalue weighted by molar-refractivity contribution is 0.296. The summed E-state index contributed by atoms with van der Waals surface area (Å²) in [4.78, 5) is 0. The monoisotopic (exact) mass is 285 g/mol. The smallest absolute Gasteiger partial charge is 0.192 e. The highest BCUT2D eigenvalue weighted by atomic mass is 28.4. The van der Waals surface area contributed by atoms with Crippen molar-refractivity contribution in [3.8, 4) is 17.9 Å². The second kappa shape index (κ2) is 6.75. The Balaban J connectivity index is 2.46. The van der Waals surface area contributed by atoms with Crippen molar-refractivity contribution in [2.75, 3.05) is 6.61 Å². The molecule has 0 radical (unpaired) electrons. The van der Waals surface area contributed by atoms with Crippen molar-refractivity contribution >= 4 is 8.32 Å². The fourth-order valence-electron chi connectivity index (χ4n) is 1.37. The molecule has 20 heavy (non-hydrogen) atoms. The molecule has 3 heteroatoms. The summed E-state index contributed by atoms with van der Waals surface area (Å²) in [5, 5.41) is 8.96. The molecule has 0 atom stereocenters.